The molecule has 0 unspecified atom stereocenters. The highest BCUT2D eigenvalue weighted by Crippen LogP contribution is 2.14. The molecule has 0 heterocycles. The van der Waals surface area contributed by atoms with Gasteiger partial charge >= 0.3 is 0 Å². The largest absolute Gasteiger partial charge is 0.392 e. The van der Waals surface area contributed by atoms with Crippen LogP contribution in [-0.2, 0) is 6.61 Å². The summed E-state index contributed by atoms with van der Waals surface area (Å²) in [5, 5.41) is 12.2. The predicted molar refractivity (Wildman–Crippen MR) is 60.0 cm³/mol. The maximum Gasteiger partial charge on any atom is 0.135 e. The molecule has 0 aliphatic heterocycles. The summed E-state index contributed by atoms with van der Waals surface area (Å²) in [6.07, 6.45) is 3.91. The average molecular weight is 221 g/mol. The lowest BCUT2D eigenvalue weighted by Crippen LogP contribution is -1.92. The van der Waals surface area contributed by atoms with Gasteiger partial charge in [0.1, 0.15) is 5.82 Å². The molecule has 0 atom stereocenters. The van der Waals surface area contributed by atoms with Crippen molar-refractivity contribution < 1.29 is 9.50 Å². The van der Waals surface area contributed by atoms with E-state index < -0.39 is 5.82 Å². The van der Waals surface area contributed by atoms with Crippen LogP contribution >= 0.6 is 0 Å². The number of aliphatic hydroxyl groups excluding tert-OH is 1. The number of hydrogen-bond acceptors (Lipinski definition) is 2. The molecule has 5 heteroatoms. The van der Waals surface area contributed by atoms with Gasteiger partial charge in [-0.3, -0.25) is 0 Å². The molecular formula is C11H12FN3O. The Morgan fingerprint density at radius 3 is 3.00 bits per heavy atom. The molecule has 0 aliphatic carbocycles. The molecule has 0 aromatic heterocycles. The Morgan fingerprint density at radius 2 is 2.31 bits per heavy atom. The number of halogens is 1. The number of azide groups is 1. The molecule has 0 aliphatic rings. The van der Waals surface area contributed by atoms with E-state index >= 15 is 0 Å². The molecule has 0 saturated carbocycles. The van der Waals surface area contributed by atoms with Crippen LogP contribution in [0.2, 0.25) is 0 Å². The molecule has 1 aromatic rings. The minimum atomic E-state index is -0.412. The Morgan fingerprint density at radius 1 is 1.50 bits per heavy atom. The second kappa shape index (κ2) is 6.61. The molecule has 84 valence electrons. The van der Waals surface area contributed by atoms with Crippen LogP contribution in [0, 0.1) is 5.82 Å². The molecule has 0 fully saturated rings. The molecule has 0 bridgehead atoms. The smallest absolute Gasteiger partial charge is 0.135 e. The van der Waals surface area contributed by atoms with Gasteiger partial charge in [0.2, 0.25) is 0 Å². The topological polar surface area (TPSA) is 69.0 Å². The van der Waals surface area contributed by atoms with Crippen molar-refractivity contribution in [3.8, 4) is 0 Å². The van der Waals surface area contributed by atoms with E-state index in [9.17, 15) is 4.39 Å². The zero-order valence-corrected chi connectivity index (χ0v) is 8.67. The number of benzene rings is 1. The molecule has 1 rings (SSSR count). The van der Waals surface area contributed by atoms with Crippen LogP contribution < -0.4 is 0 Å². The van der Waals surface area contributed by atoms with Gasteiger partial charge in [-0.2, -0.15) is 0 Å². The van der Waals surface area contributed by atoms with Crippen molar-refractivity contribution in [3.05, 3.63) is 51.7 Å². The summed E-state index contributed by atoms with van der Waals surface area (Å²) in [6, 6.07) is 4.84. The summed E-state index contributed by atoms with van der Waals surface area (Å²) in [5.74, 6) is -0.412. The molecule has 16 heavy (non-hydrogen) atoms. The van der Waals surface area contributed by atoms with E-state index in [2.05, 4.69) is 10.0 Å². The second-order valence-electron chi connectivity index (χ2n) is 3.12. The Kier molecular flexibility index (Phi) is 5.05. The Bertz CT molecular complexity index is 425. The van der Waals surface area contributed by atoms with Crippen LogP contribution in [-0.4, -0.2) is 11.7 Å². The van der Waals surface area contributed by atoms with E-state index in [0.717, 1.165) is 0 Å². The van der Waals surface area contributed by atoms with Gasteiger partial charge in [-0.05, 0) is 12.0 Å². The maximum atomic E-state index is 13.6. The SMILES string of the molecule is [N-]=[N+]=NCCC=Cc1cccc(CO)c1F. The third-order valence-corrected chi connectivity index (χ3v) is 2.04. The molecule has 4 nitrogen and oxygen atoms in total. The van der Waals surface area contributed by atoms with Gasteiger partial charge in [-0.15, -0.1) is 0 Å². The highest BCUT2D eigenvalue weighted by atomic mass is 19.1. The van der Waals surface area contributed by atoms with Gasteiger partial charge < -0.3 is 5.11 Å². The first-order valence-corrected chi connectivity index (χ1v) is 4.85. The average Bonchev–Trinajstić information content (AvgIpc) is 2.31. The van der Waals surface area contributed by atoms with Crippen molar-refractivity contribution >= 4 is 6.08 Å². The summed E-state index contributed by atoms with van der Waals surface area (Å²) in [4.78, 5) is 2.61. The minimum Gasteiger partial charge on any atom is -0.392 e. The molecule has 1 aromatic carbocycles. The fourth-order valence-electron chi connectivity index (χ4n) is 1.24. The van der Waals surface area contributed by atoms with Crippen LogP contribution in [0.25, 0.3) is 16.5 Å². The molecule has 0 radical (unpaired) electrons. The second-order valence-corrected chi connectivity index (χ2v) is 3.12. The van der Waals surface area contributed by atoms with Crippen molar-refractivity contribution in [1.29, 1.82) is 0 Å². The quantitative estimate of drug-likeness (QED) is 0.353. The summed E-state index contributed by atoms with van der Waals surface area (Å²) < 4.78 is 13.6. The first-order valence-electron chi connectivity index (χ1n) is 4.85. The fraction of sp³-hybridized carbons (Fsp3) is 0.273. The van der Waals surface area contributed by atoms with E-state index in [-0.39, 0.29) is 12.2 Å². The summed E-state index contributed by atoms with van der Waals surface area (Å²) in [5.41, 5.74) is 8.74. The van der Waals surface area contributed by atoms with Gasteiger partial charge in [0.15, 0.2) is 0 Å². The normalized spacial score (nSPS) is 10.4. The van der Waals surface area contributed by atoms with Gasteiger partial charge in [0.05, 0.1) is 6.61 Å². The third-order valence-electron chi connectivity index (χ3n) is 2.04. The summed E-state index contributed by atoms with van der Waals surface area (Å²) in [7, 11) is 0. The van der Waals surface area contributed by atoms with Crippen LogP contribution in [0.3, 0.4) is 0 Å². The Hall–Kier alpha value is -1.84. The third kappa shape index (κ3) is 3.38. The Labute approximate surface area is 92.7 Å². The molecular weight excluding hydrogens is 209 g/mol. The first-order chi connectivity index (χ1) is 7.79. The number of hydrogen-bond donors (Lipinski definition) is 1. The molecule has 0 saturated heterocycles. The zero-order chi connectivity index (χ0) is 11.8. The molecule has 0 spiro atoms. The monoisotopic (exact) mass is 221 g/mol. The lowest BCUT2D eigenvalue weighted by atomic mass is 10.1. The van der Waals surface area contributed by atoms with E-state index in [4.69, 9.17) is 10.6 Å². The molecule has 0 amide bonds. The summed E-state index contributed by atoms with van der Waals surface area (Å²) >= 11 is 0. The number of nitrogens with zero attached hydrogens (tertiary/aromatic N) is 3. The van der Waals surface area contributed by atoms with E-state index in [1.54, 1.807) is 24.3 Å². The van der Waals surface area contributed by atoms with Crippen molar-refractivity contribution in [1.82, 2.24) is 0 Å². The molecule has 1 N–H and O–H groups in total. The first kappa shape index (κ1) is 12.2. The zero-order valence-electron chi connectivity index (χ0n) is 8.67. The Balaban J connectivity index is 2.69. The fourth-order valence-corrected chi connectivity index (χ4v) is 1.24. The number of rotatable bonds is 5. The van der Waals surface area contributed by atoms with E-state index in [0.29, 0.717) is 18.5 Å². The van der Waals surface area contributed by atoms with Gasteiger partial charge in [0, 0.05) is 22.6 Å². The predicted octanol–water partition coefficient (Wildman–Crippen LogP) is 3.03. The van der Waals surface area contributed by atoms with Crippen LogP contribution in [0.1, 0.15) is 17.5 Å². The van der Waals surface area contributed by atoms with Crippen LogP contribution in [0.15, 0.2) is 29.4 Å². The highest BCUT2D eigenvalue weighted by molar-refractivity contribution is 5.51. The van der Waals surface area contributed by atoms with Gasteiger partial charge in [-0.25, -0.2) is 4.39 Å². The summed E-state index contributed by atoms with van der Waals surface area (Å²) in [6.45, 7) is 0.0422. The van der Waals surface area contributed by atoms with Gasteiger partial charge in [0.25, 0.3) is 0 Å². The standard InChI is InChI=1S/C11H12FN3O/c12-11-9(4-1-2-7-14-15-13)5-3-6-10(11)8-16/h1,3-6,16H,2,7-8H2. The van der Waals surface area contributed by atoms with Crippen LogP contribution in [0.4, 0.5) is 4.39 Å². The van der Waals surface area contributed by atoms with E-state index in [1.807, 2.05) is 0 Å². The van der Waals surface area contributed by atoms with Gasteiger partial charge in [-0.1, -0.05) is 35.5 Å². The number of aliphatic hydroxyl groups is 1. The van der Waals surface area contributed by atoms with Crippen LogP contribution in [0.5, 0.6) is 0 Å². The highest BCUT2D eigenvalue weighted by Gasteiger charge is 2.03. The van der Waals surface area contributed by atoms with Crippen molar-refractivity contribution in [2.75, 3.05) is 6.54 Å². The van der Waals surface area contributed by atoms with Crippen molar-refractivity contribution in [2.24, 2.45) is 5.11 Å². The maximum absolute atomic E-state index is 13.6. The minimum absolute atomic E-state index is 0.275. The lowest BCUT2D eigenvalue weighted by molar-refractivity contribution is 0.275. The van der Waals surface area contributed by atoms with Crippen molar-refractivity contribution in [2.45, 2.75) is 13.0 Å². The van der Waals surface area contributed by atoms with E-state index in [1.165, 1.54) is 6.07 Å². The van der Waals surface area contributed by atoms with Crippen molar-refractivity contribution in [3.63, 3.8) is 0 Å². The lowest BCUT2D eigenvalue weighted by Gasteiger charge is -2.01.